The van der Waals surface area contributed by atoms with Gasteiger partial charge in [0.1, 0.15) is 10.6 Å². The van der Waals surface area contributed by atoms with E-state index < -0.39 is 21.8 Å². The number of hydrogen-bond donors (Lipinski definition) is 5. The lowest BCUT2D eigenvalue weighted by molar-refractivity contribution is -0.137. The summed E-state index contributed by atoms with van der Waals surface area (Å²) in [4.78, 5) is 3.51. The van der Waals surface area contributed by atoms with E-state index in [0.717, 1.165) is 12.1 Å². The van der Waals surface area contributed by atoms with E-state index >= 15 is 0 Å². The topological polar surface area (TPSA) is 147 Å². The van der Waals surface area contributed by atoms with Crippen molar-refractivity contribution in [2.24, 2.45) is 0 Å². The maximum Gasteiger partial charge on any atom is 0.417 e. The molecular weight excluding hydrogens is 558 g/mol. The molecule has 2 aromatic carbocycles. The molecule has 0 saturated carbocycles. The highest BCUT2D eigenvalue weighted by Gasteiger charge is 2.36. The molecule has 2 heterocycles. The second-order valence-electron chi connectivity index (χ2n) is 8.06. The van der Waals surface area contributed by atoms with Gasteiger partial charge in [0.15, 0.2) is 0 Å². The molecule has 0 spiro atoms. The van der Waals surface area contributed by atoms with Crippen molar-refractivity contribution in [1.82, 2.24) is 25.2 Å². The van der Waals surface area contributed by atoms with Crippen LogP contribution in [0.3, 0.4) is 0 Å². The van der Waals surface area contributed by atoms with Gasteiger partial charge in [-0.25, -0.2) is 18.2 Å². The fourth-order valence-corrected chi connectivity index (χ4v) is 5.75. The third kappa shape index (κ3) is 6.57. The lowest BCUT2D eigenvalue weighted by atomic mass is 9.98. The summed E-state index contributed by atoms with van der Waals surface area (Å²) in [6.07, 6.45) is -3.66. The number of ether oxygens (including phenoxy) is 1. The lowest BCUT2D eigenvalue weighted by Gasteiger charge is -2.24. The number of nitrogens with zero attached hydrogens (tertiary/aromatic N) is 2. The van der Waals surface area contributed by atoms with Crippen molar-refractivity contribution >= 4 is 51.6 Å². The van der Waals surface area contributed by atoms with Crippen molar-refractivity contribution in [2.75, 3.05) is 31.2 Å². The molecule has 0 radical (unpaired) electrons. The Balaban J connectivity index is 0.00000380. The van der Waals surface area contributed by atoms with E-state index in [4.69, 9.17) is 22.1 Å². The second kappa shape index (κ2) is 11.3. The van der Waals surface area contributed by atoms with Crippen molar-refractivity contribution < 1.29 is 26.3 Å². The first-order chi connectivity index (χ1) is 17.0. The SMILES string of the molecule is COc1ccc(-c2c(Cl)cc(Nc3n[nH]c(N)n3)cc2C(F)(F)F)cc1S(=O)(=O)NC1CCNCC1.Cl. The van der Waals surface area contributed by atoms with Crippen LogP contribution in [0.25, 0.3) is 11.1 Å². The zero-order chi connectivity index (χ0) is 26.1. The van der Waals surface area contributed by atoms with E-state index in [9.17, 15) is 21.6 Å². The Morgan fingerprint density at radius 3 is 2.49 bits per heavy atom. The van der Waals surface area contributed by atoms with Gasteiger partial charge in [0, 0.05) is 17.3 Å². The lowest BCUT2D eigenvalue weighted by Crippen LogP contribution is -2.42. The van der Waals surface area contributed by atoms with Gasteiger partial charge in [-0.05, 0) is 55.8 Å². The van der Waals surface area contributed by atoms with Gasteiger partial charge in [-0.15, -0.1) is 17.5 Å². The fourth-order valence-electron chi connectivity index (χ4n) is 3.92. The Kier molecular flexibility index (Phi) is 8.80. The number of aromatic nitrogens is 3. The molecule has 0 unspecified atom stereocenters. The predicted octanol–water partition coefficient (Wildman–Crippen LogP) is 3.93. The van der Waals surface area contributed by atoms with Crippen molar-refractivity contribution in [2.45, 2.75) is 30.0 Å². The van der Waals surface area contributed by atoms with E-state index in [2.05, 4.69) is 30.5 Å². The fraction of sp³-hybridized carbons (Fsp3) is 0.333. The van der Waals surface area contributed by atoms with Crippen LogP contribution in [0.5, 0.6) is 5.75 Å². The summed E-state index contributed by atoms with van der Waals surface area (Å²) in [5.74, 6) is -0.0852. The van der Waals surface area contributed by atoms with E-state index in [1.807, 2.05) is 0 Å². The Hall–Kier alpha value is -2.78. The third-order valence-electron chi connectivity index (χ3n) is 5.56. The normalized spacial score (nSPS) is 14.7. The van der Waals surface area contributed by atoms with Crippen molar-refractivity contribution in [1.29, 1.82) is 0 Å². The minimum atomic E-state index is -4.82. The van der Waals surface area contributed by atoms with Crippen molar-refractivity contribution in [3.63, 3.8) is 0 Å². The molecule has 0 bridgehead atoms. The summed E-state index contributed by atoms with van der Waals surface area (Å²) in [6, 6.07) is 5.52. The summed E-state index contributed by atoms with van der Waals surface area (Å²) in [7, 11) is -2.83. The van der Waals surface area contributed by atoms with Crippen LogP contribution in [0.15, 0.2) is 35.2 Å². The van der Waals surface area contributed by atoms with Gasteiger partial charge in [0.2, 0.25) is 21.9 Å². The number of nitrogens with two attached hydrogens (primary N) is 1. The maximum atomic E-state index is 14.1. The first-order valence-corrected chi connectivity index (χ1v) is 12.6. The van der Waals surface area contributed by atoms with Crippen LogP contribution in [-0.4, -0.2) is 49.8 Å². The van der Waals surface area contributed by atoms with Crippen LogP contribution < -0.4 is 25.8 Å². The van der Waals surface area contributed by atoms with Gasteiger partial charge in [-0.2, -0.15) is 18.2 Å². The summed E-state index contributed by atoms with van der Waals surface area (Å²) in [5.41, 5.74) is 3.90. The zero-order valence-electron chi connectivity index (χ0n) is 19.3. The highest BCUT2D eigenvalue weighted by molar-refractivity contribution is 7.89. The van der Waals surface area contributed by atoms with Crippen LogP contribution >= 0.6 is 24.0 Å². The molecule has 37 heavy (non-hydrogen) atoms. The van der Waals surface area contributed by atoms with Gasteiger partial charge in [0.05, 0.1) is 17.7 Å². The van der Waals surface area contributed by atoms with Crippen molar-refractivity contribution in [3.05, 3.63) is 40.9 Å². The molecule has 0 atom stereocenters. The average Bonchev–Trinajstić information content (AvgIpc) is 3.22. The van der Waals surface area contributed by atoms with Gasteiger partial charge >= 0.3 is 6.18 Å². The maximum absolute atomic E-state index is 14.1. The number of aromatic amines is 1. The molecule has 202 valence electrons. The monoisotopic (exact) mass is 581 g/mol. The Morgan fingerprint density at radius 2 is 1.89 bits per heavy atom. The summed E-state index contributed by atoms with van der Waals surface area (Å²) >= 11 is 6.33. The van der Waals surface area contributed by atoms with Crippen LogP contribution in [0.4, 0.5) is 30.8 Å². The molecule has 1 saturated heterocycles. The zero-order valence-corrected chi connectivity index (χ0v) is 21.7. The number of hydrogen-bond acceptors (Lipinski definition) is 8. The number of rotatable bonds is 7. The molecule has 3 aromatic rings. The number of nitrogens with one attached hydrogen (secondary N) is 4. The molecule has 0 aliphatic carbocycles. The molecule has 10 nitrogen and oxygen atoms in total. The molecular formula is C21H24Cl2F3N7O3S. The Labute approximate surface area is 222 Å². The summed E-state index contributed by atoms with van der Waals surface area (Å²) in [6.45, 7) is 1.30. The predicted molar refractivity (Wildman–Crippen MR) is 136 cm³/mol. The standard InChI is InChI=1S/C21H23ClF3N7O3S.ClH/c1-35-16-3-2-11(8-17(16)36(33,34)32-12-4-6-27-7-5-12)18-14(21(23,24)25)9-13(10-15(18)22)28-20-29-19(26)30-31-20;/h2-3,8-10,12,27,32H,4-7H2,1H3,(H4,26,28,29,30,31);1H. The smallest absolute Gasteiger partial charge is 0.417 e. The Bertz CT molecular complexity index is 1360. The molecule has 6 N–H and O–H groups in total. The molecule has 1 aliphatic heterocycles. The van der Waals surface area contributed by atoms with Gasteiger partial charge in [-0.3, -0.25) is 0 Å². The number of nitrogen functional groups attached to an aromatic ring is 1. The third-order valence-corrected chi connectivity index (χ3v) is 7.40. The highest BCUT2D eigenvalue weighted by Crippen LogP contribution is 2.44. The number of sulfonamides is 1. The number of benzene rings is 2. The second-order valence-corrected chi connectivity index (χ2v) is 10.1. The number of alkyl halides is 3. The van der Waals surface area contributed by atoms with Gasteiger partial charge < -0.3 is 21.1 Å². The minimum Gasteiger partial charge on any atom is -0.495 e. The molecule has 0 amide bonds. The minimum absolute atomic E-state index is 0. The number of anilines is 3. The van der Waals surface area contributed by atoms with Crippen molar-refractivity contribution in [3.8, 4) is 16.9 Å². The molecule has 4 rings (SSSR count). The average molecular weight is 582 g/mol. The van der Waals surface area contributed by atoms with Crippen LogP contribution in [0.1, 0.15) is 18.4 Å². The van der Waals surface area contributed by atoms with E-state index in [1.54, 1.807) is 0 Å². The highest BCUT2D eigenvalue weighted by atomic mass is 35.5. The first kappa shape index (κ1) is 28.8. The van der Waals surface area contributed by atoms with Gasteiger partial charge in [-0.1, -0.05) is 17.7 Å². The number of methoxy groups -OCH3 is 1. The largest absolute Gasteiger partial charge is 0.495 e. The number of H-pyrrole nitrogens is 1. The molecule has 1 aliphatic rings. The van der Waals surface area contributed by atoms with Crippen LogP contribution in [-0.2, 0) is 16.2 Å². The first-order valence-electron chi connectivity index (χ1n) is 10.7. The van der Waals surface area contributed by atoms with Gasteiger partial charge in [0.25, 0.3) is 0 Å². The molecule has 1 fully saturated rings. The summed E-state index contributed by atoms with van der Waals surface area (Å²) < 4.78 is 76.6. The van der Waals surface area contributed by atoms with E-state index in [1.165, 1.54) is 25.3 Å². The number of halogens is 5. The summed E-state index contributed by atoms with van der Waals surface area (Å²) in [5, 5.41) is 11.6. The van der Waals surface area contributed by atoms with E-state index in [0.29, 0.717) is 25.9 Å². The van der Waals surface area contributed by atoms with Crippen LogP contribution in [0.2, 0.25) is 5.02 Å². The molecule has 1 aromatic heterocycles. The quantitative estimate of drug-likeness (QED) is 0.282. The molecule has 16 heteroatoms. The number of piperidine rings is 1. The van der Waals surface area contributed by atoms with E-state index in [-0.39, 0.29) is 62.8 Å². The van der Waals surface area contributed by atoms with Crippen LogP contribution in [0, 0.1) is 0 Å². The Morgan fingerprint density at radius 1 is 1.19 bits per heavy atom.